The fourth-order valence-corrected chi connectivity index (χ4v) is 4.15. The number of fused-ring (bicyclic) bond motifs is 1. The quantitative estimate of drug-likeness (QED) is 0.276. The lowest BCUT2D eigenvalue weighted by Gasteiger charge is -2.06. The van der Waals surface area contributed by atoms with Gasteiger partial charge in [0.2, 0.25) is 5.78 Å². The molecular formula is C21H15NO3S2. The molecule has 0 atom stereocenters. The molecule has 0 spiro atoms. The van der Waals surface area contributed by atoms with Gasteiger partial charge in [-0.25, -0.2) is 4.79 Å². The number of benzene rings is 1. The first kappa shape index (κ1) is 17.5. The second-order valence-electron chi connectivity index (χ2n) is 5.80. The Morgan fingerprint density at radius 1 is 1.00 bits per heavy atom. The molecule has 0 unspecified atom stereocenters. The first-order chi connectivity index (χ1) is 13.2. The average Bonchev–Trinajstić information content (AvgIpc) is 3.45. The summed E-state index contributed by atoms with van der Waals surface area (Å²) < 4.78 is 5.35. The topological polar surface area (TPSA) is 59.2 Å². The molecule has 0 saturated heterocycles. The van der Waals surface area contributed by atoms with Crippen LogP contribution >= 0.6 is 22.7 Å². The maximum Gasteiger partial charge on any atom is 0.340 e. The predicted molar refractivity (Wildman–Crippen MR) is 110 cm³/mol. The minimum Gasteiger partial charge on any atom is -0.454 e. The Morgan fingerprint density at radius 3 is 2.59 bits per heavy atom. The summed E-state index contributed by atoms with van der Waals surface area (Å²) in [5, 5.41) is 4.68. The lowest BCUT2D eigenvalue weighted by molar-refractivity contribution is -0.135. The number of aromatic amines is 1. The number of carbonyl (C=O) groups is 2. The number of ether oxygens (including phenoxy) is 1. The van der Waals surface area contributed by atoms with E-state index in [-0.39, 0.29) is 12.4 Å². The van der Waals surface area contributed by atoms with Crippen LogP contribution in [0.5, 0.6) is 0 Å². The molecule has 0 aliphatic heterocycles. The van der Waals surface area contributed by atoms with E-state index in [4.69, 9.17) is 4.74 Å². The Balaban J connectivity index is 1.52. The second-order valence-corrected chi connectivity index (χ2v) is 7.72. The molecule has 0 fully saturated rings. The number of ketones is 1. The number of esters is 1. The summed E-state index contributed by atoms with van der Waals surface area (Å²) in [6.45, 7) is -0.298. The summed E-state index contributed by atoms with van der Waals surface area (Å²) in [6, 6.07) is 15.1. The Bertz CT molecular complexity index is 1110. The highest BCUT2D eigenvalue weighted by Crippen LogP contribution is 2.26. The van der Waals surface area contributed by atoms with Gasteiger partial charge in [-0.3, -0.25) is 4.79 Å². The molecule has 1 aromatic carbocycles. The molecule has 4 rings (SSSR count). The Morgan fingerprint density at radius 2 is 1.81 bits per heavy atom. The van der Waals surface area contributed by atoms with Crippen LogP contribution in [0.4, 0.5) is 0 Å². The van der Waals surface area contributed by atoms with Gasteiger partial charge in [0.25, 0.3) is 0 Å². The van der Waals surface area contributed by atoms with E-state index in [1.807, 2.05) is 59.3 Å². The number of thiophene rings is 2. The summed E-state index contributed by atoms with van der Waals surface area (Å²) in [5.74, 6) is -0.735. The highest BCUT2D eigenvalue weighted by atomic mass is 32.1. The van der Waals surface area contributed by atoms with Crippen LogP contribution in [0.1, 0.15) is 20.1 Å². The van der Waals surface area contributed by atoms with Crippen LogP contribution in [0.3, 0.4) is 0 Å². The summed E-state index contributed by atoms with van der Waals surface area (Å²) in [4.78, 5) is 30.0. The molecule has 0 saturated carbocycles. The fraction of sp³-hybridized carbons (Fsp3) is 0.0476. The zero-order valence-electron chi connectivity index (χ0n) is 14.2. The molecule has 0 amide bonds. The highest BCUT2D eigenvalue weighted by Gasteiger charge is 2.18. The van der Waals surface area contributed by atoms with Crippen molar-refractivity contribution in [3.05, 3.63) is 80.8 Å². The Kier molecular flexibility index (Phi) is 5.00. The van der Waals surface area contributed by atoms with Crippen molar-refractivity contribution in [2.75, 3.05) is 6.61 Å². The highest BCUT2D eigenvalue weighted by molar-refractivity contribution is 7.12. The molecule has 0 aliphatic carbocycles. The largest absolute Gasteiger partial charge is 0.454 e. The first-order valence-electron chi connectivity index (χ1n) is 8.28. The van der Waals surface area contributed by atoms with Crippen molar-refractivity contribution >= 4 is 57.0 Å². The van der Waals surface area contributed by atoms with Gasteiger partial charge in [-0.05, 0) is 35.0 Å². The van der Waals surface area contributed by atoms with Crippen LogP contribution in [-0.2, 0) is 9.53 Å². The molecule has 3 heterocycles. The summed E-state index contributed by atoms with van der Waals surface area (Å²) in [7, 11) is 0. The number of nitrogens with one attached hydrogen (secondary N) is 1. The lowest BCUT2D eigenvalue weighted by Crippen LogP contribution is -2.14. The number of hydrogen-bond acceptors (Lipinski definition) is 5. The molecule has 6 heteroatoms. The predicted octanol–water partition coefficient (Wildman–Crippen LogP) is 5.26. The molecule has 0 aliphatic rings. The maximum absolute atomic E-state index is 12.7. The van der Waals surface area contributed by atoms with Crippen LogP contribution in [-0.4, -0.2) is 23.3 Å². The zero-order chi connectivity index (χ0) is 18.6. The number of aromatic nitrogens is 1. The van der Waals surface area contributed by atoms with Crippen molar-refractivity contribution in [1.82, 2.24) is 4.98 Å². The van der Waals surface area contributed by atoms with Crippen LogP contribution in [0, 0.1) is 0 Å². The Hall–Kier alpha value is -2.96. The Labute approximate surface area is 163 Å². The van der Waals surface area contributed by atoms with Crippen molar-refractivity contribution < 1.29 is 14.3 Å². The smallest absolute Gasteiger partial charge is 0.340 e. The molecule has 134 valence electrons. The normalized spacial score (nSPS) is 11.6. The van der Waals surface area contributed by atoms with Crippen LogP contribution in [0.15, 0.2) is 65.5 Å². The molecule has 0 radical (unpaired) electrons. The van der Waals surface area contributed by atoms with E-state index >= 15 is 0 Å². The van der Waals surface area contributed by atoms with Gasteiger partial charge in [-0.1, -0.05) is 30.3 Å². The monoisotopic (exact) mass is 393 g/mol. The number of rotatable bonds is 6. The molecule has 4 aromatic rings. The van der Waals surface area contributed by atoms with E-state index in [0.717, 1.165) is 20.7 Å². The summed E-state index contributed by atoms with van der Waals surface area (Å²) in [5.41, 5.74) is 1.86. The van der Waals surface area contributed by atoms with Gasteiger partial charge < -0.3 is 9.72 Å². The van der Waals surface area contributed by atoms with Gasteiger partial charge in [-0.2, -0.15) is 0 Å². The third kappa shape index (κ3) is 3.77. The lowest BCUT2D eigenvalue weighted by atomic mass is 10.1. The van der Waals surface area contributed by atoms with E-state index in [0.29, 0.717) is 11.1 Å². The van der Waals surface area contributed by atoms with Crippen molar-refractivity contribution in [2.45, 2.75) is 0 Å². The third-order valence-electron chi connectivity index (χ3n) is 4.06. The number of para-hydroxylation sites is 1. The number of hydrogen-bond donors (Lipinski definition) is 1. The van der Waals surface area contributed by atoms with Gasteiger partial charge in [0.15, 0.2) is 6.61 Å². The molecular weight excluding hydrogens is 378 g/mol. The van der Waals surface area contributed by atoms with Gasteiger partial charge in [0.1, 0.15) is 0 Å². The van der Waals surface area contributed by atoms with E-state index in [9.17, 15) is 9.59 Å². The summed E-state index contributed by atoms with van der Waals surface area (Å²) in [6.07, 6.45) is 3.46. The van der Waals surface area contributed by atoms with Crippen LogP contribution in [0.2, 0.25) is 0 Å². The van der Waals surface area contributed by atoms with Crippen LogP contribution in [0.25, 0.3) is 22.6 Å². The molecule has 4 nitrogen and oxygen atoms in total. The van der Waals surface area contributed by atoms with E-state index < -0.39 is 5.97 Å². The number of carbonyl (C=O) groups excluding carboxylic acids is 2. The minimum absolute atomic E-state index is 0.234. The standard InChI is InChI=1S/C21H15NO3S2/c23-19(17-12-22-18-7-2-1-6-15(17)18)13-25-21(24)16(20-8-4-10-27-20)11-14-5-3-9-26-14/h1-12,22H,13H2/b16-11+. The number of H-pyrrole nitrogens is 1. The van der Waals surface area contributed by atoms with E-state index in [1.54, 1.807) is 12.3 Å². The number of Topliss-reactive ketones (excluding diaryl/α,β-unsaturated/α-hetero) is 1. The van der Waals surface area contributed by atoms with Gasteiger partial charge >= 0.3 is 5.97 Å². The molecule has 0 bridgehead atoms. The molecule has 27 heavy (non-hydrogen) atoms. The van der Waals surface area contributed by atoms with Gasteiger partial charge in [0, 0.05) is 32.4 Å². The SMILES string of the molecule is O=C(OCC(=O)c1c[nH]c2ccccc12)/C(=C/c1cccs1)c1cccs1. The zero-order valence-corrected chi connectivity index (χ0v) is 15.8. The van der Waals surface area contributed by atoms with Crippen molar-refractivity contribution in [3.8, 4) is 0 Å². The molecule has 3 aromatic heterocycles. The van der Waals surface area contributed by atoms with Crippen LogP contribution < -0.4 is 0 Å². The summed E-state index contributed by atoms with van der Waals surface area (Å²) >= 11 is 3.00. The van der Waals surface area contributed by atoms with E-state index in [2.05, 4.69) is 4.98 Å². The minimum atomic E-state index is -0.501. The van der Waals surface area contributed by atoms with Crippen molar-refractivity contribution in [1.29, 1.82) is 0 Å². The average molecular weight is 393 g/mol. The third-order valence-corrected chi connectivity index (χ3v) is 5.78. The molecule has 1 N–H and O–H groups in total. The fourth-order valence-electron chi connectivity index (χ4n) is 2.77. The maximum atomic E-state index is 12.7. The van der Waals surface area contributed by atoms with Crippen molar-refractivity contribution in [3.63, 3.8) is 0 Å². The first-order valence-corrected chi connectivity index (χ1v) is 10.0. The second kappa shape index (κ2) is 7.73. The van der Waals surface area contributed by atoms with Crippen molar-refractivity contribution in [2.24, 2.45) is 0 Å². The van der Waals surface area contributed by atoms with Gasteiger partial charge in [0.05, 0.1) is 5.57 Å². The van der Waals surface area contributed by atoms with Gasteiger partial charge in [-0.15, -0.1) is 22.7 Å². The van der Waals surface area contributed by atoms with E-state index in [1.165, 1.54) is 22.7 Å².